The molecular formula is C8H6F2N2O5. The smallest absolute Gasteiger partial charge is 0.341 e. The number of aliphatic carboxylic acids is 1. The number of aromatic amines is 1. The summed E-state index contributed by atoms with van der Waals surface area (Å²) >= 11 is 0. The number of alkyl halides is 2. The fraction of sp³-hybridized carbons (Fsp3) is 0.250. The van der Waals surface area contributed by atoms with Crippen molar-refractivity contribution in [3.05, 3.63) is 37.7 Å². The molecule has 9 heteroatoms. The monoisotopic (exact) mass is 248 g/mol. The first-order valence-electron chi connectivity index (χ1n) is 4.23. The second kappa shape index (κ2) is 4.68. The van der Waals surface area contributed by atoms with E-state index in [4.69, 9.17) is 5.11 Å². The predicted molar refractivity (Wildman–Crippen MR) is 50.0 cm³/mol. The zero-order valence-electron chi connectivity index (χ0n) is 8.15. The molecule has 0 amide bonds. The lowest BCUT2D eigenvalue weighted by atomic mass is 10.1. The first-order chi connectivity index (χ1) is 7.82. The van der Waals surface area contributed by atoms with E-state index in [9.17, 15) is 28.5 Å². The van der Waals surface area contributed by atoms with Crippen LogP contribution in [0.5, 0.6) is 0 Å². The Morgan fingerprint density at radius 2 is 2.18 bits per heavy atom. The molecule has 1 aromatic heterocycles. The molecule has 0 bridgehead atoms. The van der Waals surface area contributed by atoms with E-state index in [-0.39, 0.29) is 0 Å². The summed E-state index contributed by atoms with van der Waals surface area (Å²) in [5, 5.41) is 18.8. The van der Waals surface area contributed by atoms with Gasteiger partial charge >= 0.3 is 17.3 Å². The van der Waals surface area contributed by atoms with Gasteiger partial charge in [-0.05, 0) is 10.5 Å². The Balaban J connectivity index is 3.44. The van der Waals surface area contributed by atoms with E-state index < -0.39 is 46.2 Å². The van der Waals surface area contributed by atoms with Crippen LogP contribution >= 0.6 is 0 Å². The molecule has 1 heterocycles. The molecule has 0 fully saturated rings. The van der Waals surface area contributed by atoms with Crippen molar-refractivity contribution in [2.45, 2.75) is 12.8 Å². The molecule has 0 aliphatic carbocycles. The van der Waals surface area contributed by atoms with Crippen LogP contribution in [0.15, 0.2) is 10.9 Å². The van der Waals surface area contributed by atoms with Gasteiger partial charge in [0, 0.05) is 6.07 Å². The summed E-state index contributed by atoms with van der Waals surface area (Å²) in [4.78, 5) is 32.6. The summed E-state index contributed by atoms with van der Waals surface area (Å²) in [6.45, 7) is 0. The summed E-state index contributed by atoms with van der Waals surface area (Å²) in [5.74, 6) is -2.29. The Kier molecular flexibility index (Phi) is 3.51. The van der Waals surface area contributed by atoms with Gasteiger partial charge in [-0.25, -0.2) is 18.6 Å². The van der Waals surface area contributed by atoms with Gasteiger partial charge in [0.15, 0.2) is 0 Å². The van der Waals surface area contributed by atoms with Crippen LogP contribution in [-0.2, 0) is 11.2 Å². The van der Waals surface area contributed by atoms with Gasteiger partial charge in [-0.2, -0.15) is 0 Å². The number of pyridine rings is 1. The van der Waals surface area contributed by atoms with Gasteiger partial charge in [0.25, 0.3) is 6.43 Å². The standard InChI is InChI=1S/C8H6F2N2O5/c9-7(10)6-3(2-5(13)14)1-4(12(16)17)11-8(6)15/h1,7H,2H2,(H,11,15)(H,13,14). The SMILES string of the molecule is O=C(O)Cc1cc([N+](=O)[O-])[nH]c(=O)c1C(F)F. The molecule has 0 saturated carbocycles. The first kappa shape index (κ1) is 12.7. The Morgan fingerprint density at radius 3 is 2.59 bits per heavy atom. The Bertz CT molecular complexity index is 525. The lowest BCUT2D eigenvalue weighted by Crippen LogP contribution is -2.19. The maximum absolute atomic E-state index is 12.5. The normalized spacial score (nSPS) is 10.5. The molecule has 2 N–H and O–H groups in total. The van der Waals surface area contributed by atoms with Gasteiger partial charge in [0.1, 0.15) is 5.56 Å². The zero-order valence-corrected chi connectivity index (χ0v) is 8.15. The fourth-order valence-corrected chi connectivity index (χ4v) is 1.26. The number of hydrogen-bond acceptors (Lipinski definition) is 4. The second-order valence-corrected chi connectivity index (χ2v) is 3.05. The van der Waals surface area contributed by atoms with E-state index in [1.807, 2.05) is 0 Å². The Hall–Kier alpha value is -2.32. The van der Waals surface area contributed by atoms with Crippen molar-refractivity contribution in [3.8, 4) is 0 Å². The van der Waals surface area contributed by atoms with E-state index in [0.717, 1.165) is 0 Å². The molecule has 0 radical (unpaired) electrons. The molecule has 0 aromatic carbocycles. The largest absolute Gasteiger partial charge is 0.481 e. The molecule has 1 aromatic rings. The molecule has 7 nitrogen and oxygen atoms in total. The van der Waals surface area contributed by atoms with Gasteiger partial charge < -0.3 is 15.2 Å². The number of nitrogens with one attached hydrogen (secondary N) is 1. The molecule has 0 atom stereocenters. The lowest BCUT2D eigenvalue weighted by molar-refractivity contribution is -0.389. The molecule has 0 aliphatic rings. The van der Waals surface area contributed by atoms with Crippen LogP contribution in [0.4, 0.5) is 14.6 Å². The number of nitro groups is 1. The maximum atomic E-state index is 12.5. The molecular weight excluding hydrogens is 242 g/mol. The highest BCUT2D eigenvalue weighted by atomic mass is 19.3. The van der Waals surface area contributed by atoms with Crippen molar-refractivity contribution in [2.24, 2.45) is 0 Å². The minimum absolute atomic E-state index is 0.567. The van der Waals surface area contributed by atoms with Crippen LogP contribution in [0.1, 0.15) is 17.6 Å². The number of carboxylic acid groups (broad SMARTS) is 1. The third-order valence-electron chi connectivity index (χ3n) is 1.90. The van der Waals surface area contributed by atoms with Crippen LogP contribution in [0.25, 0.3) is 0 Å². The number of aromatic nitrogens is 1. The minimum atomic E-state index is -3.20. The molecule has 1 rings (SSSR count). The average Bonchev–Trinajstić information content (AvgIpc) is 2.14. The molecule has 0 saturated heterocycles. The van der Waals surface area contributed by atoms with Crippen molar-refractivity contribution < 1.29 is 23.6 Å². The van der Waals surface area contributed by atoms with E-state index >= 15 is 0 Å². The molecule has 0 aliphatic heterocycles. The minimum Gasteiger partial charge on any atom is -0.481 e. The quantitative estimate of drug-likeness (QED) is 0.605. The van der Waals surface area contributed by atoms with Crippen molar-refractivity contribution in [1.29, 1.82) is 0 Å². The van der Waals surface area contributed by atoms with Crippen molar-refractivity contribution in [2.75, 3.05) is 0 Å². The van der Waals surface area contributed by atoms with Crippen molar-refractivity contribution >= 4 is 11.8 Å². The third kappa shape index (κ3) is 2.83. The lowest BCUT2D eigenvalue weighted by Gasteiger charge is -2.04. The summed E-state index contributed by atoms with van der Waals surface area (Å²) in [7, 11) is 0. The van der Waals surface area contributed by atoms with Crippen LogP contribution in [0, 0.1) is 10.1 Å². The maximum Gasteiger partial charge on any atom is 0.341 e. The summed E-state index contributed by atoms with van der Waals surface area (Å²) < 4.78 is 25.0. The highest BCUT2D eigenvalue weighted by Gasteiger charge is 2.24. The summed E-state index contributed by atoms with van der Waals surface area (Å²) in [6, 6.07) is 0.622. The van der Waals surface area contributed by atoms with Crippen molar-refractivity contribution in [1.82, 2.24) is 4.98 Å². The van der Waals surface area contributed by atoms with Crippen LogP contribution in [0.2, 0.25) is 0 Å². The van der Waals surface area contributed by atoms with E-state index in [1.165, 1.54) is 0 Å². The number of H-pyrrole nitrogens is 1. The van der Waals surface area contributed by atoms with Crippen molar-refractivity contribution in [3.63, 3.8) is 0 Å². The van der Waals surface area contributed by atoms with E-state index in [0.29, 0.717) is 6.07 Å². The Morgan fingerprint density at radius 1 is 1.59 bits per heavy atom. The number of carboxylic acids is 1. The van der Waals surface area contributed by atoms with Gasteiger partial charge in [0.05, 0.1) is 6.42 Å². The number of nitrogens with zero attached hydrogens (tertiary/aromatic N) is 1. The number of carbonyl (C=O) groups is 1. The van der Waals surface area contributed by atoms with Crippen LogP contribution in [0.3, 0.4) is 0 Å². The topological polar surface area (TPSA) is 113 Å². The van der Waals surface area contributed by atoms with Gasteiger partial charge in [-0.3, -0.25) is 4.79 Å². The van der Waals surface area contributed by atoms with Crippen LogP contribution < -0.4 is 5.56 Å². The predicted octanol–water partition coefficient (Wildman–Crippen LogP) is 0.848. The van der Waals surface area contributed by atoms with Gasteiger partial charge in [-0.1, -0.05) is 0 Å². The third-order valence-corrected chi connectivity index (χ3v) is 1.90. The highest BCUT2D eigenvalue weighted by Crippen LogP contribution is 2.21. The summed E-state index contributed by atoms with van der Waals surface area (Å²) in [5.41, 5.74) is -2.98. The first-order valence-corrected chi connectivity index (χ1v) is 4.23. The Labute approximate surface area is 91.8 Å². The molecule has 17 heavy (non-hydrogen) atoms. The van der Waals surface area contributed by atoms with E-state index in [1.54, 1.807) is 4.98 Å². The number of halogens is 2. The second-order valence-electron chi connectivity index (χ2n) is 3.05. The zero-order chi connectivity index (χ0) is 13.2. The molecule has 0 spiro atoms. The number of rotatable bonds is 4. The van der Waals surface area contributed by atoms with Gasteiger partial charge in [0.2, 0.25) is 0 Å². The highest BCUT2D eigenvalue weighted by molar-refractivity contribution is 5.71. The molecule has 92 valence electrons. The fourth-order valence-electron chi connectivity index (χ4n) is 1.26. The summed E-state index contributed by atoms with van der Waals surface area (Å²) in [6.07, 6.45) is -4.08. The molecule has 0 unspecified atom stereocenters. The average molecular weight is 248 g/mol. The number of hydrogen-bond donors (Lipinski definition) is 2. The van der Waals surface area contributed by atoms with Gasteiger partial charge in [-0.15, -0.1) is 0 Å². The van der Waals surface area contributed by atoms with Crippen LogP contribution in [-0.4, -0.2) is 21.0 Å². The van der Waals surface area contributed by atoms with E-state index in [2.05, 4.69) is 0 Å².